The first-order valence-electron chi connectivity index (χ1n) is 6.01. The lowest BCUT2D eigenvalue weighted by Gasteiger charge is -2.10. The molecule has 0 radical (unpaired) electrons. The standard InChI is InChI=1S/C15H13F3O2/c1-9(19)11-2-3-15(14(18)6-11)20-8-10-4-12(16)7-13(17)5-10/h2-7,9,19H,8H2,1H3/t9-/m1/s1. The molecular weight excluding hydrogens is 269 g/mol. The molecule has 0 aliphatic carbocycles. The maximum absolute atomic E-state index is 13.7. The van der Waals surface area contributed by atoms with Crippen LogP contribution in [0.25, 0.3) is 0 Å². The van der Waals surface area contributed by atoms with E-state index in [-0.39, 0.29) is 17.9 Å². The third-order valence-electron chi connectivity index (χ3n) is 2.76. The first-order chi connectivity index (χ1) is 9.45. The van der Waals surface area contributed by atoms with Gasteiger partial charge < -0.3 is 9.84 Å². The van der Waals surface area contributed by atoms with Crippen LogP contribution in [0.15, 0.2) is 36.4 Å². The van der Waals surface area contributed by atoms with Crippen molar-refractivity contribution in [3.63, 3.8) is 0 Å². The molecule has 0 unspecified atom stereocenters. The van der Waals surface area contributed by atoms with Crippen LogP contribution >= 0.6 is 0 Å². The van der Waals surface area contributed by atoms with E-state index in [0.717, 1.165) is 24.3 Å². The van der Waals surface area contributed by atoms with E-state index in [1.807, 2.05) is 0 Å². The lowest BCUT2D eigenvalue weighted by molar-refractivity contribution is 0.198. The molecule has 0 saturated heterocycles. The van der Waals surface area contributed by atoms with Gasteiger partial charge in [0, 0.05) is 6.07 Å². The molecule has 2 rings (SSSR count). The second-order valence-electron chi connectivity index (χ2n) is 4.43. The number of hydrogen-bond acceptors (Lipinski definition) is 2. The highest BCUT2D eigenvalue weighted by Gasteiger charge is 2.09. The molecule has 1 N–H and O–H groups in total. The molecule has 0 heterocycles. The zero-order valence-electron chi connectivity index (χ0n) is 10.7. The van der Waals surface area contributed by atoms with E-state index in [1.165, 1.54) is 19.1 Å². The predicted molar refractivity (Wildman–Crippen MR) is 67.7 cm³/mol. The fourth-order valence-electron chi connectivity index (χ4n) is 1.75. The van der Waals surface area contributed by atoms with Gasteiger partial charge in [-0.1, -0.05) is 6.07 Å². The molecule has 0 spiro atoms. The van der Waals surface area contributed by atoms with Crippen molar-refractivity contribution in [2.45, 2.75) is 19.6 Å². The second kappa shape index (κ2) is 5.96. The van der Waals surface area contributed by atoms with Crippen LogP contribution in [0.5, 0.6) is 5.75 Å². The van der Waals surface area contributed by atoms with E-state index in [0.29, 0.717) is 5.56 Å². The fraction of sp³-hybridized carbons (Fsp3) is 0.200. The van der Waals surface area contributed by atoms with Gasteiger partial charge in [-0.05, 0) is 42.3 Å². The van der Waals surface area contributed by atoms with Gasteiger partial charge >= 0.3 is 0 Å². The first kappa shape index (κ1) is 14.4. The van der Waals surface area contributed by atoms with Gasteiger partial charge in [0.2, 0.25) is 0 Å². The van der Waals surface area contributed by atoms with Crippen LogP contribution < -0.4 is 4.74 Å². The summed E-state index contributed by atoms with van der Waals surface area (Å²) in [4.78, 5) is 0. The fourth-order valence-corrected chi connectivity index (χ4v) is 1.75. The van der Waals surface area contributed by atoms with Crippen LogP contribution in [-0.2, 0) is 6.61 Å². The Labute approximate surface area is 114 Å². The average molecular weight is 282 g/mol. The summed E-state index contributed by atoms with van der Waals surface area (Å²) in [7, 11) is 0. The largest absolute Gasteiger partial charge is 0.486 e. The van der Waals surface area contributed by atoms with Crippen molar-refractivity contribution in [3.8, 4) is 5.75 Å². The lowest BCUT2D eigenvalue weighted by atomic mass is 10.1. The third-order valence-corrected chi connectivity index (χ3v) is 2.76. The highest BCUT2D eigenvalue weighted by atomic mass is 19.1. The van der Waals surface area contributed by atoms with Gasteiger partial charge in [-0.3, -0.25) is 0 Å². The zero-order valence-corrected chi connectivity index (χ0v) is 10.7. The Morgan fingerprint density at radius 2 is 1.70 bits per heavy atom. The van der Waals surface area contributed by atoms with Gasteiger partial charge in [-0.25, -0.2) is 13.2 Å². The molecular formula is C15H13F3O2. The van der Waals surface area contributed by atoms with Crippen LogP contribution in [0.4, 0.5) is 13.2 Å². The summed E-state index contributed by atoms with van der Waals surface area (Å²) >= 11 is 0. The smallest absolute Gasteiger partial charge is 0.165 e. The highest BCUT2D eigenvalue weighted by Crippen LogP contribution is 2.23. The van der Waals surface area contributed by atoms with Crippen LogP contribution in [-0.4, -0.2) is 5.11 Å². The molecule has 0 aliphatic rings. The van der Waals surface area contributed by atoms with Gasteiger partial charge in [0.15, 0.2) is 11.6 Å². The van der Waals surface area contributed by atoms with Crippen molar-refractivity contribution >= 4 is 0 Å². The molecule has 20 heavy (non-hydrogen) atoms. The molecule has 2 aromatic rings. The molecule has 2 nitrogen and oxygen atoms in total. The van der Waals surface area contributed by atoms with Crippen molar-refractivity contribution < 1.29 is 23.0 Å². The number of rotatable bonds is 4. The van der Waals surface area contributed by atoms with Crippen molar-refractivity contribution in [2.24, 2.45) is 0 Å². The van der Waals surface area contributed by atoms with E-state index < -0.39 is 23.6 Å². The maximum atomic E-state index is 13.7. The minimum Gasteiger partial charge on any atom is -0.486 e. The zero-order chi connectivity index (χ0) is 14.7. The summed E-state index contributed by atoms with van der Waals surface area (Å²) in [5.41, 5.74) is 0.688. The quantitative estimate of drug-likeness (QED) is 0.925. The molecule has 2 aromatic carbocycles. The molecule has 0 aliphatic heterocycles. The summed E-state index contributed by atoms with van der Waals surface area (Å²) < 4.78 is 44.8. The predicted octanol–water partition coefficient (Wildman–Crippen LogP) is 3.74. The second-order valence-corrected chi connectivity index (χ2v) is 4.43. The summed E-state index contributed by atoms with van der Waals surface area (Å²) in [5.74, 6) is -2.11. The van der Waals surface area contributed by atoms with Crippen LogP contribution in [0.1, 0.15) is 24.2 Å². The first-order valence-corrected chi connectivity index (χ1v) is 6.01. The van der Waals surface area contributed by atoms with Gasteiger partial charge in [0.05, 0.1) is 6.10 Å². The number of aliphatic hydroxyl groups excluding tert-OH is 1. The molecule has 1 atom stereocenters. The Morgan fingerprint density at radius 1 is 1.05 bits per heavy atom. The average Bonchev–Trinajstić information content (AvgIpc) is 2.36. The Bertz CT molecular complexity index is 592. The Balaban J connectivity index is 2.11. The normalized spacial score (nSPS) is 12.2. The third kappa shape index (κ3) is 3.51. The van der Waals surface area contributed by atoms with Crippen molar-refractivity contribution in [1.82, 2.24) is 0 Å². The van der Waals surface area contributed by atoms with Crippen molar-refractivity contribution in [2.75, 3.05) is 0 Å². The molecule has 0 amide bonds. The lowest BCUT2D eigenvalue weighted by Crippen LogP contribution is -2.00. The van der Waals surface area contributed by atoms with Gasteiger partial charge in [-0.2, -0.15) is 0 Å². The Hall–Kier alpha value is -2.01. The maximum Gasteiger partial charge on any atom is 0.165 e. The van der Waals surface area contributed by atoms with Gasteiger partial charge in [0.1, 0.15) is 18.2 Å². The SMILES string of the molecule is C[C@@H](O)c1ccc(OCc2cc(F)cc(F)c2)c(F)c1. The summed E-state index contributed by atoms with van der Waals surface area (Å²) in [6.07, 6.45) is -0.782. The molecule has 5 heteroatoms. The number of ether oxygens (including phenoxy) is 1. The topological polar surface area (TPSA) is 29.5 Å². The van der Waals surface area contributed by atoms with Crippen LogP contribution in [0.2, 0.25) is 0 Å². The van der Waals surface area contributed by atoms with Crippen LogP contribution in [0.3, 0.4) is 0 Å². The molecule has 106 valence electrons. The molecule has 0 saturated carbocycles. The van der Waals surface area contributed by atoms with E-state index in [1.54, 1.807) is 0 Å². The number of hydrogen-bond donors (Lipinski definition) is 1. The number of benzene rings is 2. The van der Waals surface area contributed by atoms with Gasteiger partial charge in [0.25, 0.3) is 0 Å². The molecule has 0 aromatic heterocycles. The Morgan fingerprint density at radius 3 is 2.25 bits per heavy atom. The van der Waals surface area contributed by atoms with Crippen molar-refractivity contribution in [3.05, 3.63) is 65.0 Å². The summed E-state index contributed by atoms with van der Waals surface area (Å²) in [5, 5.41) is 9.32. The Kier molecular flexibility index (Phi) is 4.29. The highest BCUT2D eigenvalue weighted by molar-refractivity contribution is 5.30. The molecule has 0 bridgehead atoms. The monoisotopic (exact) mass is 282 g/mol. The minimum atomic E-state index is -0.782. The number of halogens is 3. The van der Waals surface area contributed by atoms with E-state index >= 15 is 0 Å². The minimum absolute atomic E-state index is 0.0425. The molecule has 0 fully saturated rings. The van der Waals surface area contributed by atoms with E-state index in [9.17, 15) is 18.3 Å². The number of aliphatic hydroxyl groups is 1. The van der Waals surface area contributed by atoms with E-state index in [4.69, 9.17) is 4.74 Å². The van der Waals surface area contributed by atoms with Gasteiger partial charge in [-0.15, -0.1) is 0 Å². The van der Waals surface area contributed by atoms with E-state index in [2.05, 4.69) is 0 Å². The van der Waals surface area contributed by atoms with Crippen molar-refractivity contribution in [1.29, 1.82) is 0 Å². The summed E-state index contributed by atoms with van der Waals surface area (Å²) in [6, 6.07) is 7.03. The van der Waals surface area contributed by atoms with Crippen LogP contribution in [0, 0.1) is 17.5 Å². The summed E-state index contributed by atoms with van der Waals surface area (Å²) in [6.45, 7) is 1.37.